The highest BCUT2D eigenvalue weighted by Crippen LogP contribution is 2.22. The third kappa shape index (κ3) is 3.14. The first-order chi connectivity index (χ1) is 10.6. The van der Waals surface area contributed by atoms with Crippen molar-refractivity contribution in [2.45, 2.75) is 13.3 Å². The van der Waals surface area contributed by atoms with E-state index in [1.807, 2.05) is 6.92 Å². The SMILES string of the molecule is Cc1nsc(N2CCCN(c3ccc([N+](=O)[O-])nc3)CC2)n1. The van der Waals surface area contributed by atoms with Crippen molar-refractivity contribution >= 4 is 28.2 Å². The molecule has 0 unspecified atom stereocenters. The Bertz CT molecular complexity index is 659. The number of aromatic nitrogens is 3. The van der Waals surface area contributed by atoms with Crippen molar-refractivity contribution < 1.29 is 4.92 Å². The van der Waals surface area contributed by atoms with Gasteiger partial charge in [-0.3, -0.25) is 0 Å². The van der Waals surface area contributed by atoms with Gasteiger partial charge in [-0.15, -0.1) is 0 Å². The molecule has 9 heteroatoms. The average Bonchev–Trinajstić information content (AvgIpc) is 2.81. The maximum atomic E-state index is 10.7. The van der Waals surface area contributed by atoms with Gasteiger partial charge in [0.2, 0.25) is 5.13 Å². The van der Waals surface area contributed by atoms with Crippen molar-refractivity contribution in [1.82, 2.24) is 14.3 Å². The number of anilines is 2. The van der Waals surface area contributed by atoms with Gasteiger partial charge >= 0.3 is 5.82 Å². The van der Waals surface area contributed by atoms with E-state index in [0.29, 0.717) is 0 Å². The second-order valence-corrected chi connectivity index (χ2v) is 5.81. The largest absolute Gasteiger partial charge is 0.367 e. The molecule has 0 radical (unpaired) electrons. The second-order valence-electron chi connectivity index (χ2n) is 5.08. The molecule has 3 rings (SSSR count). The number of hydrogen-bond acceptors (Lipinski definition) is 8. The quantitative estimate of drug-likeness (QED) is 0.630. The molecule has 1 aliphatic rings. The van der Waals surface area contributed by atoms with Crippen LogP contribution in [0.2, 0.25) is 0 Å². The molecule has 0 aromatic carbocycles. The first-order valence-electron chi connectivity index (χ1n) is 7.04. The predicted molar refractivity (Wildman–Crippen MR) is 84.6 cm³/mol. The molecule has 22 heavy (non-hydrogen) atoms. The zero-order chi connectivity index (χ0) is 15.5. The molecule has 8 nitrogen and oxygen atoms in total. The molecule has 0 aliphatic carbocycles. The summed E-state index contributed by atoms with van der Waals surface area (Å²) in [5.74, 6) is 0.685. The first-order valence-corrected chi connectivity index (χ1v) is 7.81. The smallest absolute Gasteiger partial charge is 0.363 e. The molecular formula is C13H16N6O2S. The lowest BCUT2D eigenvalue weighted by Gasteiger charge is -2.22. The van der Waals surface area contributed by atoms with Gasteiger partial charge in [0.05, 0.1) is 5.69 Å². The molecule has 0 atom stereocenters. The van der Waals surface area contributed by atoms with E-state index in [4.69, 9.17) is 0 Å². The molecule has 1 saturated heterocycles. The van der Waals surface area contributed by atoms with E-state index in [1.165, 1.54) is 17.6 Å². The van der Waals surface area contributed by atoms with Crippen molar-refractivity contribution in [2.24, 2.45) is 0 Å². The van der Waals surface area contributed by atoms with E-state index in [0.717, 1.165) is 49.2 Å². The number of nitrogens with zero attached hydrogens (tertiary/aromatic N) is 6. The van der Waals surface area contributed by atoms with Crippen LogP contribution in [-0.2, 0) is 0 Å². The fourth-order valence-electron chi connectivity index (χ4n) is 2.45. The molecular weight excluding hydrogens is 304 g/mol. The van der Waals surface area contributed by atoms with Gasteiger partial charge in [-0.25, -0.2) is 4.98 Å². The Labute approximate surface area is 131 Å². The lowest BCUT2D eigenvalue weighted by molar-refractivity contribution is -0.389. The maximum absolute atomic E-state index is 10.7. The Morgan fingerprint density at radius 3 is 2.64 bits per heavy atom. The van der Waals surface area contributed by atoms with Crippen LogP contribution in [0.5, 0.6) is 0 Å². The van der Waals surface area contributed by atoms with Crippen LogP contribution in [-0.4, -0.2) is 45.4 Å². The summed E-state index contributed by atoms with van der Waals surface area (Å²) in [6.45, 7) is 5.41. The highest BCUT2D eigenvalue weighted by Gasteiger charge is 2.19. The van der Waals surface area contributed by atoms with Crippen molar-refractivity contribution in [3.05, 3.63) is 34.3 Å². The summed E-state index contributed by atoms with van der Waals surface area (Å²) in [5, 5.41) is 11.6. The third-order valence-electron chi connectivity index (χ3n) is 3.57. The molecule has 2 aromatic heterocycles. The summed E-state index contributed by atoms with van der Waals surface area (Å²) in [6.07, 6.45) is 2.57. The van der Waals surface area contributed by atoms with Crippen LogP contribution in [0.1, 0.15) is 12.2 Å². The summed E-state index contributed by atoms with van der Waals surface area (Å²) >= 11 is 1.43. The van der Waals surface area contributed by atoms with Gasteiger partial charge in [-0.2, -0.15) is 4.37 Å². The van der Waals surface area contributed by atoms with Crippen LogP contribution >= 0.6 is 11.5 Å². The van der Waals surface area contributed by atoms with Gasteiger partial charge in [0.25, 0.3) is 0 Å². The molecule has 1 fully saturated rings. The Balaban J connectivity index is 1.68. The zero-order valence-corrected chi connectivity index (χ0v) is 13.0. The second kappa shape index (κ2) is 6.22. The number of hydrogen-bond donors (Lipinski definition) is 0. The van der Waals surface area contributed by atoms with E-state index >= 15 is 0 Å². The van der Waals surface area contributed by atoms with E-state index in [-0.39, 0.29) is 5.82 Å². The summed E-state index contributed by atoms with van der Waals surface area (Å²) in [5.41, 5.74) is 0.917. The van der Waals surface area contributed by atoms with Gasteiger partial charge in [-0.05, 0) is 29.3 Å². The van der Waals surface area contributed by atoms with E-state index in [1.54, 1.807) is 12.3 Å². The molecule has 1 aliphatic heterocycles. The minimum Gasteiger partial charge on any atom is -0.367 e. The fraction of sp³-hybridized carbons (Fsp3) is 0.462. The van der Waals surface area contributed by atoms with E-state index in [2.05, 4.69) is 24.1 Å². The van der Waals surface area contributed by atoms with Gasteiger partial charge in [0.15, 0.2) is 6.20 Å². The minimum atomic E-state index is -0.480. The van der Waals surface area contributed by atoms with Crippen molar-refractivity contribution in [2.75, 3.05) is 36.0 Å². The number of aryl methyl sites for hydroxylation is 1. The maximum Gasteiger partial charge on any atom is 0.363 e. The lowest BCUT2D eigenvalue weighted by Crippen LogP contribution is -2.30. The topological polar surface area (TPSA) is 88.3 Å². The number of rotatable bonds is 3. The van der Waals surface area contributed by atoms with Crippen LogP contribution in [0.3, 0.4) is 0 Å². The van der Waals surface area contributed by atoms with Gasteiger partial charge in [-0.1, -0.05) is 0 Å². The monoisotopic (exact) mass is 320 g/mol. The summed E-state index contributed by atoms with van der Waals surface area (Å²) in [7, 11) is 0. The Morgan fingerprint density at radius 1 is 1.23 bits per heavy atom. The zero-order valence-electron chi connectivity index (χ0n) is 12.2. The normalized spacial score (nSPS) is 15.7. The Hall–Kier alpha value is -2.29. The van der Waals surface area contributed by atoms with Crippen molar-refractivity contribution in [3.8, 4) is 0 Å². The lowest BCUT2D eigenvalue weighted by atomic mass is 10.3. The molecule has 2 aromatic rings. The molecule has 0 bridgehead atoms. The van der Waals surface area contributed by atoms with Crippen LogP contribution in [0, 0.1) is 17.0 Å². The molecule has 3 heterocycles. The highest BCUT2D eigenvalue weighted by molar-refractivity contribution is 7.09. The first kappa shape index (κ1) is 14.6. The van der Waals surface area contributed by atoms with E-state index in [9.17, 15) is 10.1 Å². The summed E-state index contributed by atoms with van der Waals surface area (Å²) in [4.78, 5) is 22.9. The standard InChI is InChI=1S/C13H16N6O2S/c1-10-15-13(22-16-10)18-6-2-5-17(7-8-18)11-3-4-12(14-9-11)19(20)21/h3-4,9H,2,5-8H2,1H3. The molecule has 0 spiro atoms. The minimum absolute atomic E-state index is 0.121. The average molecular weight is 320 g/mol. The summed E-state index contributed by atoms with van der Waals surface area (Å²) < 4.78 is 4.23. The van der Waals surface area contributed by atoms with E-state index < -0.39 is 4.92 Å². The van der Waals surface area contributed by atoms with Crippen LogP contribution in [0.25, 0.3) is 0 Å². The molecule has 0 amide bonds. The van der Waals surface area contributed by atoms with Crippen molar-refractivity contribution in [3.63, 3.8) is 0 Å². The predicted octanol–water partition coefficient (Wildman–Crippen LogP) is 1.87. The van der Waals surface area contributed by atoms with Crippen LogP contribution in [0.15, 0.2) is 18.3 Å². The molecule has 0 saturated carbocycles. The highest BCUT2D eigenvalue weighted by atomic mass is 32.1. The number of pyridine rings is 1. The van der Waals surface area contributed by atoms with Crippen LogP contribution < -0.4 is 9.80 Å². The number of nitro groups is 1. The van der Waals surface area contributed by atoms with Gasteiger partial charge in [0.1, 0.15) is 5.82 Å². The molecule has 116 valence electrons. The van der Waals surface area contributed by atoms with Gasteiger partial charge in [0, 0.05) is 43.8 Å². The van der Waals surface area contributed by atoms with Crippen molar-refractivity contribution in [1.29, 1.82) is 0 Å². The van der Waals surface area contributed by atoms with Crippen LogP contribution in [0.4, 0.5) is 16.6 Å². The summed E-state index contributed by atoms with van der Waals surface area (Å²) in [6, 6.07) is 3.21. The third-order valence-corrected chi connectivity index (χ3v) is 4.44. The Morgan fingerprint density at radius 2 is 2.00 bits per heavy atom. The Kier molecular flexibility index (Phi) is 4.14. The molecule has 0 N–H and O–H groups in total. The fourth-order valence-corrected chi connectivity index (χ4v) is 3.18. The van der Waals surface area contributed by atoms with Gasteiger partial charge < -0.3 is 19.9 Å².